The van der Waals surface area contributed by atoms with E-state index in [9.17, 15) is 9.59 Å². The summed E-state index contributed by atoms with van der Waals surface area (Å²) in [6.07, 6.45) is 4.26. The highest BCUT2D eigenvalue weighted by molar-refractivity contribution is 6.07. The normalized spacial score (nSPS) is 21.4. The van der Waals surface area contributed by atoms with Crippen molar-refractivity contribution in [3.8, 4) is 0 Å². The zero-order valence-electron chi connectivity index (χ0n) is 19.4. The summed E-state index contributed by atoms with van der Waals surface area (Å²) in [5.74, 6) is -0.176. The van der Waals surface area contributed by atoms with Crippen LogP contribution in [0.1, 0.15) is 49.3 Å². The third-order valence-corrected chi connectivity index (χ3v) is 6.76. The van der Waals surface area contributed by atoms with Crippen molar-refractivity contribution in [3.63, 3.8) is 0 Å². The van der Waals surface area contributed by atoms with Crippen molar-refractivity contribution < 1.29 is 9.59 Å². The van der Waals surface area contributed by atoms with Crippen LogP contribution in [-0.4, -0.2) is 48.5 Å². The maximum absolute atomic E-state index is 13.5. The number of carbonyl (C=O) groups excluding carboxylic acids is 2. The van der Waals surface area contributed by atoms with Crippen LogP contribution in [-0.2, 0) is 16.9 Å². The number of hydrogen-bond acceptors (Lipinski definition) is 4. The Bertz CT molecular complexity index is 968. The van der Waals surface area contributed by atoms with E-state index in [0.717, 1.165) is 24.2 Å². The number of aryl methyl sites for hydroxylation is 1. The highest BCUT2D eigenvalue weighted by atomic mass is 16.2. The molecule has 6 heteroatoms. The Morgan fingerprint density at radius 1 is 1.00 bits per heavy atom. The second-order valence-corrected chi connectivity index (χ2v) is 9.12. The summed E-state index contributed by atoms with van der Waals surface area (Å²) >= 11 is 0. The minimum absolute atomic E-state index is 0.176. The molecule has 2 aliphatic heterocycles. The van der Waals surface area contributed by atoms with Gasteiger partial charge in [-0.15, -0.1) is 0 Å². The monoisotopic (exact) mass is 434 g/mol. The summed E-state index contributed by atoms with van der Waals surface area (Å²) in [5.41, 5.74) is 3.46. The quantitative estimate of drug-likeness (QED) is 0.663. The maximum atomic E-state index is 13.5. The molecule has 1 N–H and O–H groups in total. The molecule has 1 atom stereocenters. The van der Waals surface area contributed by atoms with E-state index in [2.05, 4.69) is 34.5 Å². The topological polar surface area (TPSA) is 55.9 Å². The van der Waals surface area contributed by atoms with Crippen molar-refractivity contribution in [1.29, 1.82) is 0 Å². The molecule has 0 spiro atoms. The molecule has 6 nitrogen and oxygen atoms in total. The van der Waals surface area contributed by atoms with Crippen LogP contribution >= 0.6 is 0 Å². The molecular formula is C26H34N4O2. The fourth-order valence-electron chi connectivity index (χ4n) is 4.90. The molecule has 0 aromatic heterocycles. The molecule has 2 saturated heterocycles. The van der Waals surface area contributed by atoms with Gasteiger partial charge in [0.15, 0.2) is 0 Å². The Hall–Kier alpha value is -2.86. The van der Waals surface area contributed by atoms with E-state index >= 15 is 0 Å². The number of para-hydroxylation sites is 1. The van der Waals surface area contributed by atoms with Crippen LogP contribution in [0.4, 0.5) is 10.5 Å². The molecule has 0 saturated carbocycles. The first-order chi connectivity index (χ1) is 15.4. The van der Waals surface area contributed by atoms with Gasteiger partial charge in [-0.3, -0.25) is 9.69 Å². The zero-order valence-corrected chi connectivity index (χ0v) is 19.4. The average Bonchev–Trinajstić information content (AvgIpc) is 3.05. The van der Waals surface area contributed by atoms with Crippen molar-refractivity contribution in [2.75, 3.05) is 31.7 Å². The number of nitrogens with zero attached hydrogens (tertiary/aromatic N) is 3. The molecular weight excluding hydrogens is 400 g/mol. The van der Waals surface area contributed by atoms with E-state index in [4.69, 9.17) is 0 Å². The van der Waals surface area contributed by atoms with Gasteiger partial charge >= 0.3 is 6.03 Å². The number of nitrogens with one attached hydrogen (secondary N) is 1. The van der Waals surface area contributed by atoms with Gasteiger partial charge in [0.1, 0.15) is 5.54 Å². The number of carbonyl (C=O) groups is 2. The molecule has 4 rings (SSSR count). The van der Waals surface area contributed by atoms with Crippen molar-refractivity contribution in [2.45, 2.75) is 51.6 Å². The largest absolute Gasteiger partial charge is 0.371 e. The predicted octanol–water partition coefficient (Wildman–Crippen LogP) is 4.23. The Morgan fingerprint density at radius 2 is 1.69 bits per heavy atom. The first-order valence-electron chi connectivity index (χ1n) is 11.7. The van der Waals surface area contributed by atoms with Gasteiger partial charge in [-0.2, -0.15) is 0 Å². The minimum Gasteiger partial charge on any atom is -0.371 e. The van der Waals surface area contributed by atoms with Gasteiger partial charge in [0.05, 0.1) is 6.67 Å². The third kappa shape index (κ3) is 4.24. The predicted molar refractivity (Wildman–Crippen MR) is 127 cm³/mol. The van der Waals surface area contributed by atoms with Gasteiger partial charge in [0, 0.05) is 25.3 Å². The van der Waals surface area contributed by atoms with Crippen LogP contribution in [0.3, 0.4) is 0 Å². The first kappa shape index (κ1) is 22.3. The Morgan fingerprint density at radius 3 is 2.38 bits per heavy atom. The van der Waals surface area contributed by atoms with Gasteiger partial charge in [-0.25, -0.2) is 9.69 Å². The molecule has 170 valence electrons. The maximum Gasteiger partial charge on any atom is 0.326 e. The second-order valence-electron chi connectivity index (χ2n) is 9.12. The zero-order chi connectivity index (χ0) is 22.7. The number of piperidine rings is 1. The smallest absolute Gasteiger partial charge is 0.326 e. The number of anilines is 1. The van der Waals surface area contributed by atoms with Crippen LogP contribution in [0, 0.1) is 6.92 Å². The van der Waals surface area contributed by atoms with Gasteiger partial charge in [0.2, 0.25) is 0 Å². The molecule has 0 unspecified atom stereocenters. The lowest BCUT2D eigenvalue weighted by molar-refractivity contribution is -0.133. The third-order valence-electron chi connectivity index (χ3n) is 6.76. The van der Waals surface area contributed by atoms with E-state index in [1.54, 1.807) is 0 Å². The Labute approximate surface area is 191 Å². The van der Waals surface area contributed by atoms with Gasteiger partial charge in [0.25, 0.3) is 5.91 Å². The number of hydrogen-bond donors (Lipinski definition) is 1. The molecule has 2 fully saturated rings. The summed E-state index contributed by atoms with van der Waals surface area (Å²) in [6, 6.07) is 16.0. The van der Waals surface area contributed by atoms with E-state index in [1.165, 1.54) is 35.4 Å². The number of benzene rings is 2. The van der Waals surface area contributed by atoms with Gasteiger partial charge in [-0.1, -0.05) is 55.0 Å². The summed E-state index contributed by atoms with van der Waals surface area (Å²) in [4.78, 5) is 32.2. The SMILES string of the molecule is CC[C@]1(c2ccc(C)cc2)NC(=O)N(CN(C)Cc2ccccc2N2CCCCC2)C1=O. The number of imide groups is 1. The van der Waals surface area contributed by atoms with Crippen LogP contribution in [0.2, 0.25) is 0 Å². The lowest BCUT2D eigenvalue weighted by Gasteiger charge is -2.32. The lowest BCUT2D eigenvalue weighted by Crippen LogP contribution is -2.44. The summed E-state index contributed by atoms with van der Waals surface area (Å²) in [6.45, 7) is 7.06. The molecule has 2 aromatic carbocycles. The molecule has 2 heterocycles. The number of urea groups is 1. The van der Waals surface area contributed by atoms with Gasteiger partial charge < -0.3 is 10.2 Å². The van der Waals surface area contributed by atoms with E-state index in [1.807, 2.05) is 50.1 Å². The number of amides is 3. The average molecular weight is 435 g/mol. The van der Waals surface area contributed by atoms with Crippen molar-refractivity contribution >= 4 is 17.6 Å². The minimum atomic E-state index is -0.989. The molecule has 0 radical (unpaired) electrons. The molecule has 0 aliphatic carbocycles. The fraction of sp³-hybridized carbons (Fsp3) is 0.462. The first-order valence-corrected chi connectivity index (χ1v) is 11.7. The molecule has 0 bridgehead atoms. The van der Waals surface area contributed by atoms with E-state index in [-0.39, 0.29) is 18.6 Å². The number of rotatable bonds is 7. The molecule has 3 amide bonds. The van der Waals surface area contributed by atoms with Gasteiger partial charge in [-0.05, 0) is 56.8 Å². The summed E-state index contributed by atoms with van der Waals surface area (Å²) in [7, 11) is 1.96. The second kappa shape index (κ2) is 9.33. The summed E-state index contributed by atoms with van der Waals surface area (Å²) < 4.78 is 0. The van der Waals surface area contributed by atoms with Crippen LogP contribution in [0.25, 0.3) is 0 Å². The van der Waals surface area contributed by atoms with E-state index in [0.29, 0.717) is 13.0 Å². The Kier molecular flexibility index (Phi) is 6.51. The van der Waals surface area contributed by atoms with Crippen molar-refractivity contribution in [2.24, 2.45) is 0 Å². The standard InChI is InChI=1S/C26H34N4O2/c1-4-26(22-14-12-20(2)13-15-22)24(31)30(25(32)27-26)19-28(3)18-21-10-6-7-11-23(21)29-16-8-5-9-17-29/h6-7,10-15H,4-5,8-9,16-19H2,1-3H3,(H,27,32)/t26-/m1/s1. The van der Waals surface area contributed by atoms with Crippen LogP contribution in [0.15, 0.2) is 48.5 Å². The van der Waals surface area contributed by atoms with Crippen LogP contribution < -0.4 is 10.2 Å². The fourth-order valence-corrected chi connectivity index (χ4v) is 4.90. The lowest BCUT2D eigenvalue weighted by atomic mass is 9.87. The molecule has 2 aliphatic rings. The van der Waals surface area contributed by atoms with E-state index < -0.39 is 5.54 Å². The van der Waals surface area contributed by atoms with Crippen molar-refractivity contribution in [1.82, 2.24) is 15.1 Å². The Balaban J connectivity index is 1.49. The summed E-state index contributed by atoms with van der Waals surface area (Å²) in [5, 5.41) is 2.99. The molecule has 32 heavy (non-hydrogen) atoms. The van der Waals surface area contributed by atoms with Crippen molar-refractivity contribution in [3.05, 3.63) is 65.2 Å². The molecule has 2 aromatic rings. The highest BCUT2D eigenvalue weighted by Crippen LogP contribution is 2.33. The highest BCUT2D eigenvalue weighted by Gasteiger charge is 2.51. The van der Waals surface area contributed by atoms with Crippen LogP contribution in [0.5, 0.6) is 0 Å².